The normalized spacial score (nSPS) is 9.16. The Morgan fingerprint density at radius 2 is 0.935 bits per heavy atom. The molecule has 0 spiro atoms. The van der Waals surface area contributed by atoms with E-state index < -0.39 is 36.7 Å². The minimum atomic E-state index is -1.40. The van der Waals surface area contributed by atoms with Crippen LogP contribution in [0, 0.1) is 0 Å². The molecule has 0 aromatic rings. The first-order valence-corrected chi connectivity index (χ1v) is 15.2. The number of carboxylic acids is 2. The van der Waals surface area contributed by atoms with Crippen molar-refractivity contribution in [1.82, 2.24) is 0 Å². The molecule has 8 nitrogen and oxygen atoms in total. The van der Waals surface area contributed by atoms with Crippen LogP contribution in [0.5, 0.6) is 0 Å². The summed E-state index contributed by atoms with van der Waals surface area (Å²) >= 11 is 0.149. The number of unbranched alkanes of at least 4 members (excludes halogenated alkanes) is 4. The summed E-state index contributed by atoms with van der Waals surface area (Å²) in [6, 6.07) is 0. The van der Waals surface area contributed by atoms with Crippen LogP contribution in [-0.4, -0.2) is 58.2 Å². The molecule has 0 radical (unpaired) electrons. The van der Waals surface area contributed by atoms with Gasteiger partial charge in [-0.05, 0) is 12.8 Å². The number of hydrogen-bond acceptors (Lipinski definition) is 8. The average molecular weight is 551 g/mol. The van der Waals surface area contributed by atoms with E-state index in [2.05, 4.69) is 23.3 Å². The van der Waals surface area contributed by atoms with E-state index in [0.717, 1.165) is 25.7 Å². The Kier molecular flexibility index (Phi) is 31.7. The molecule has 0 aromatic heterocycles. The third-order valence-electron chi connectivity index (χ3n) is 3.51. The SMILES string of the molecule is CCCCOC(=O)CC(=O)[O-].CCCCOC(=O)CC(=O)[O-].CCC[CH2][Sn+2][CH2]CCC. The van der Waals surface area contributed by atoms with Gasteiger partial charge in [-0.3, -0.25) is 9.59 Å². The van der Waals surface area contributed by atoms with Crippen molar-refractivity contribution in [1.29, 1.82) is 0 Å². The fourth-order valence-corrected chi connectivity index (χ4v) is 5.89. The van der Waals surface area contributed by atoms with E-state index in [1.807, 2.05) is 13.8 Å². The molecule has 0 aliphatic carbocycles. The van der Waals surface area contributed by atoms with Gasteiger partial charge in [-0.25, -0.2) is 0 Å². The summed E-state index contributed by atoms with van der Waals surface area (Å²) in [5.41, 5.74) is 0. The summed E-state index contributed by atoms with van der Waals surface area (Å²) in [4.78, 5) is 40.6. The van der Waals surface area contributed by atoms with Crippen molar-refractivity contribution in [3.63, 3.8) is 0 Å². The number of carbonyl (C=O) groups is 4. The van der Waals surface area contributed by atoms with Crippen LogP contribution in [0.25, 0.3) is 0 Å². The molecule has 9 heteroatoms. The first-order chi connectivity index (χ1) is 14.7. The predicted octanol–water partition coefficient (Wildman–Crippen LogP) is 2.07. The monoisotopic (exact) mass is 552 g/mol. The summed E-state index contributed by atoms with van der Waals surface area (Å²) in [7, 11) is 0. The quantitative estimate of drug-likeness (QED) is 0.123. The maximum atomic E-state index is 10.5. The second-order valence-corrected chi connectivity index (χ2v) is 11.0. The van der Waals surface area contributed by atoms with E-state index in [9.17, 15) is 29.4 Å². The van der Waals surface area contributed by atoms with Crippen molar-refractivity contribution >= 4 is 45.0 Å². The van der Waals surface area contributed by atoms with Gasteiger partial charge >= 0.3 is 81.5 Å². The number of hydrogen-bond donors (Lipinski definition) is 0. The fraction of sp³-hybridized carbons (Fsp3) is 0.818. The van der Waals surface area contributed by atoms with E-state index in [1.54, 1.807) is 8.87 Å². The summed E-state index contributed by atoms with van der Waals surface area (Å²) in [5, 5.41) is 19.7. The van der Waals surface area contributed by atoms with Crippen molar-refractivity contribution in [2.45, 2.75) is 101 Å². The maximum absolute atomic E-state index is 10.5. The first kappa shape index (κ1) is 34.3. The van der Waals surface area contributed by atoms with Crippen LogP contribution in [0.3, 0.4) is 0 Å². The van der Waals surface area contributed by atoms with Crippen molar-refractivity contribution in [3.05, 3.63) is 0 Å². The van der Waals surface area contributed by atoms with Gasteiger partial charge in [0.2, 0.25) is 0 Å². The van der Waals surface area contributed by atoms with Crippen LogP contribution in [0.2, 0.25) is 8.87 Å². The van der Waals surface area contributed by atoms with Crippen LogP contribution in [-0.2, 0) is 28.7 Å². The van der Waals surface area contributed by atoms with Gasteiger partial charge in [-0.1, -0.05) is 26.7 Å². The number of carboxylic acid groups (broad SMARTS) is 2. The molecule has 0 amide bonds. The molecule has 0 rings (SSSR count). The number of ether oxygens (including phenoxy) is 2. The molecule has 0 saturated carbocycles. The molecule has 0 aliphatic heterocycles. The van der Waals surface area contributed by atoms with E-state index in [4.69, 9.17) is 0 Å². The number of esters is 2. The van der Waals surface area contributed by atoms with Gasteiger partial charge in [0.25, 0.3) is 0 Å². The molecule has 0 aromatic carbocycles. The number of carbonyl (C=O) groups excluding carboxylic acids is 4. The molecule has 0 unspecified atom stereocenters. The number of aliphatic carboxylic acids is 2. The molecule has 0 N–H and O–H groups in total. The van der Waals surface area contributed by atoms with E-state index in [0.29, 0.717) is 13.2 Å². The summed E-state index contributed by atoms with van der Waals surface area (Å²) in [6.45, 7) is 9.07. The Hall–Kier alpha value is -1.32. The molecule has 31 heavy (non-hydrogen) atoms. The predicted molar refractivity (Wildman–Crippen MR) is 116 cm³/mol. The summed E-state index contributed by atoms with van der Waals surface area (Å²) in [5.74, 6) is -4.24. The van der Waals surface area contributed by atoms with Gasteiger partial charge in [0.15, 0.2) is 0 Å². The molecule has 0 fully saturated rings. The van der Waals surface area contributed by atoms with Gasteiger partial charge in [-0.15, -0.1) is 0 Å². The van der Waals surface area contributed by atoms with Crippen molar-refractivity contribution in [2.24, 2.45) is 0 Å². The van der Waals surface area contributed by atoms with Crippen molar-refractivity contribution < 1.29 is 38.9 Å². The Morgan fingerprint density at radius 1 is 0.613 bits per heavy atom. The molecule has 180 valence electrons. The minimum absolute atomic E-state index is 0.149. The van der Waals surface area contributed by atoms with Crippen LogP contribution in [0.4, 0.5) is 0 Å². The molecule has 0 bridgehead atoms. The zero-order valence-corrected chi connectivity index (χ0v) is 22.5. The molecular weight excluding hydrogens is 511 g/mol. The summed E-state index contributed by atoms with van der Waals surface area (Å²) < 4.78 is 12.3. The van der Waals surface area contributed by atoms with Gasteiger partial charge in [0.05, 0.1) is 38.0 Å². The van der Waals surface area contributed by atoms with Crippen LogP contribution in [0.15, 0.2) is 0 Å². The second-order valence-electron chi connectivity index (χ2n) is 6.70. The zero-order chi connectivity index (χ0) is 24.3. The zero-order valence-electron chi connectivity index (χ0n) is 19.7. The standard InChI is InChI=1S/2C7H12O4.2C4H9.Sn/c2*1-2-3-4-11-7(10)5-6(8)9;2*1-3-4-2;/h2*2-5H2,1H3,(H,8,9);2*1,3-4H2,2H3;/q;;;;+2/p-2. The molecular formula is C22H40O8Sn. The number of rotatable bonds is 16. The van der Waals surface area contributed by atoms with Gasteiger partial charge in [0, 0.05) is 0 Å². The van der Waals surface area contributed by atoms with Crippen LogP contribution in [0.1, 0.15) is 91.9 Å². The Bertz CT molecular complexity index is 415. The summed E-state index contributed by atoms with van der Waals surface area (Å²) in [6.07, 6.45) is 7.90. The first-order valence-electron chi connectivity index (χ1n) is 11.2. The van der Waals surface area contributed by atoms with Gasteiger partial charge < -0.3 is 29.3 Å². The molecule has 0 saturated heterocycles. The van der Waals surface area contributed by atoms with E-state index in [1.165, 1.54) is 25.7 Å². The van der Waals surface area contributed by atoms with E-state index in [-0.39, 0.29) is 21.1 Å². The van der Waals surface area contributed by atoms with E-state index >= 15 is 0 Å². The Labute approximate surface area is 197 Å². The topological polar surface area (TPSA) is 133 Å². The van der Waals surface area contributed by atoms with Crippen molar-refractivity contribution in [2.75, 3.05) is 13.2 Å². The Balaban J connectivity index is -0.000000382. The van der Waals surface area contributed by atoms with Crippen LogP contribution < -0.4 is 10.2 Å². The van der Waals surface area contributed by atoms with Crippen molar-refractivity contribution in [3.8, 4) is 0 Å². The second kappa shape index (κ2) is 28.7. The molecule has 0 aliphatic rings. The van der Waals surface area contributed by atoms with Gasteiger partial charge in [0.1, 0.15) is 0 Å². The molecule has 0 atom stereocenters. The van der Waals surface area contributed by atoms with Crippen LogP contribution >= 0.6 is 0 Å². The van der Waals surface area contributed by atoms with Gasteiger partial charge in [-0.2, -0.15) is 0 Å². The third-order valence-corrected chi connectivity index (χ3v) is 7.55. The molecule has 0 heterocycles. The fourth-order valence-electron chi connectivity index (χ4n) is 1.73. The Morgan fingerprint density at radius 3 is 1.19 bits per heavy atom. The average Bonchev–Trinajstić information content (AvgIpc) is 2.68. The third kappa shape index (κ3) is 39.7.